The Bertz CT molecular complexity index is 854. The Morgan fingerprint density at radius 3 is 2.58 bits per heavy atom. The zero-order valence-electron chi connectivity index (χ0n) is 14.2. The van der Waals surface area contributed by atoms with Crippen molar-refractivity contribution in [3.63, 3.8) is 0 Å². The van der Waals surface area contributed by atoms with Crippen molar-refractivity contribution in [2.45, 2.75) is 38.8 Å². The molecule has 128 valence electrons. The second kappa shape index (κ2) is 6.53. The molecular formula is C18H23N3O2S. The quantitative estimate of drug-likeness (QED) is 0.847. The largest absolute Gasteiger partial charge is 0.265 e. The van der Waals surface area contributed by atoms with Gasteiger partial charge in [0.15, 0.2) is 0 Å². The number of sulfonamides is 1. The molecule has 0 amide bonds. The second-order valence-electron chi connectivity index (χ2n) is 6.45. The molecule has 2 aromatic rings. The lowest BCUT2D eigenvalue weighted by Gasteiger charge is -2.13. The molecule has 1 aliphatic carbocycles. The van der Waals surface area contributed by atoms with E-state index in [2.05, 4.69) is 29.9 Å². The van der Waals surface area contributed by atoms with Crippen molar-refractivity contribution in [2.75, 3.05) is 6.26 Å². The van der Waals surface area contributed by atoms with E-state index in [9.17, 15) is 8.42 Å². The summed E-state index contributed by atoms with van der Waals surface area (Å²) in [5.41, 5.74) is 4.58. The van der Waals surface area contributed by atoms with Crippen LogP contribution in [0.5, 0.6) is 0 Å². The molecule has 2 unspecified atom stereocenters. The Hall–Kier alpha value is -1.92. The van der Waals surface area contributed by atoms with Crippen molar-refractivity contribution >= 4 is 10.0 Å². The molecule has 2 atom stereocenters. The molecule has 1 aliphatic rings. The van der Waals surface area contributed by atoms with Crippen LogP contribution in [-0.4, -0.2) is 30.5 Å². The fraction of sp³-hybridized carbons (Fsp3) is 0.389. The van der Waals surface area contributed by atoms with Crippen LogP contribution in [0.15, 0.2) is 42.5 Å². The standard InChI is InChI=1S/C18H23N3O2S/c1-13-18(16-9-10-17(11-16)20-24(3,22)23)14(2)21(19-13)12-15-7-5-4-6-8-15/h4-10,16-17,20H,11-12H2,1-3H3. The SMILES string of the molecule is Cc1nn(Cc2ccccc2)c(C)c1C1C=CC(NS(C)(=O)=O)C1. The highest BCUT2D eigenvalue weighted by molar-refractivity contribution is 7.88. The summed E-state index contributed by atoms with van der Waals surface area (Å²) in [6.07, 6.45) is 5.97. The maximum absolute atomic E-state index is 11.4. The normalized spacial score (nSPS) is 20.6. The zero-order chi connectivity index (χ0) is 17.3. The van der Waals surface area contributed by atoms with Crippen LogP contribution in [-0.2, 0) is 16.6 Å². The van der Waals surface area contributed by atoms with E-state index in [1.54, 1.807) is 0 Å². The second-order valence-corrected chi connectivity index (χ2v) is 8.23. The number of benzene rings is 1. The van der Waals surface area contributed by atoms with Crippen LogP contribution >= 0.6 is 0 Å². The highest BCUT2D eigenvalue weighted by atomic mass is 32.2. The molecule has 0 spiro atoms. The summed E-state index contributed by atoms with van der Waals surface area (Å²) in [5.74, 6) is 0.203. The molecule has 0 fully saturated rings. The van der Waals surface area contributed by atoms with E-state index >= 15 is 0 Å². The van der Waals surface area contributed by atoms with Gasteiger partial charge in [-0.2, -0.15) is 5.10 Å². The summed E-state index contributed by atoms with van der Waals surface area (Å²) in [6, 6.07) is 10.1. The molecule has 24 heavy (non-hydrogen) atoms. The molecule has 1 N–H and O–H groups in total. The van der Waals surface area contributed by atoms with E-state index in [0.29, 0.717) is 0 Å². The summed E-state index contributed by atoms with van der Waals surface area (Å²) in [6.45, 7) is 4.85. The van der Waals surface area contributed by atoms with Crippen LogP contribution in [0.3, 0.4) is 0 Å². The number of hydrogen-bond donors (Lipinski definition) is 1. The third-order valence-corrected chi connectivity index (χ3v) is 5.16. The number of allylic oxidation sites excluding steroid dienone is 1. The highest BCUT2D eigenvalue weighted by Crippen LogP contribution is 2.33. The summed E-state index contributed by atoms with van der Waals surface area (Å²) in [5, 5.41) is 4.69. The van der Waals surface area contributed by atoms with Crippen molar-refractivity contribution < 1.29 is 8.42 Å². The van der Waals surface area contributed by atoms with Crippen LogP contribution < -0.4 is 4.72 Å². The Balaban J connectivity index is 1.79. The number of nitrogens with zero attached hydrogens (tertiary/aromatic N) is 2. The molecule has 1 aromatic heterocycles. The number of nitrogens with one attached hydrogen (secondary N) is 1. The highest BCUT2D eigenvalue weighted by Gasteiger charge is 2.27. The lowest BCUT2D eigenvalue weighted by atomic mass is 9.96. The van der Waals surface area contributed by atoms with Crippen LogP contribution in [0.4, 0.5) is 0 Å². The smallest absolute Gasteiger partial charge is 0.209 e. The molecule has 0 aliphatic heterocycles. The van der Waals surface area contributed by atoms with Crippen molar-refractivity contribution in [1.82, 2.24) is 14.5 Å². The summed E-state index contributed by atoms with van der Waals surface area (Å²) >= 11 is 0. The molecule has 0 saturated heterocycles. The molecule has 1 heterocycles. The van der Waals surface area contributed by atoms with E-state index in [1.165, 1.54) is 17.4 Å². The Kier molecular flexibility index (Phi) is 4.60. The van der Waals surface area contributed by atoms with Crippen LogP contribution in [0.2, 0.25) is 0 Å². The van der Waals surface area contributed by atoms with Gasteiger partial charge in [0.1, 0.15) is 0 Å². The zero-order valence-corrected chi connectivity index (χ0v) is 15.0. The Labute approximate surface area is 143 Å². The predicted octanol–water partition coefficient (Wildman–Crippen LogP) is 2.51. The number of aromatic nitrogens is 2. The van der Waals surface area contributed by atoms with E-state index < -0.39 is 10.0 Å². The van der Waals surface area contributed by atoms with Crippen molar-refractivity contribution in [3.05, 3.63) is 65.0 Å². The summed E-state index contributed by atoms with van der Waals surface area (Å²) in [7, 11) is -3.19. The van der Waals surface area contributed by atoms with E-state index in [-0.39, 0.29) is 12.0 Å². The van der Waals surface area contributed by atoms with E-state index in [1.807, 2.05) is 35.9 Å². The minimum absolute atomic E-state index is 0.138. The van der Waals surface area contributed by atoms with Crippen LogP contribution in [0.1, 0.15) is 34.9 Å². The Morgan fingerprint density at radius 1 is 1.21 bits per heavy atom. The average molecular weight is 345 g/mol. The molecule has 3 rings (SSSR count). The predicted molar refractivity (Wildman–Crippen MR) is 95.5 cm³/mol. The van der Waals surface area contributed by atoms with Gasteiger partial charge in [-0.1, -0.05) is 42.5 Å². The minimum Gasteiger partial charge on any atom is -0.265 e. The first kappa shape index (κ1) is 16.9. The van der Waals surface area contributed by atoms with Gasteiger partial charge in [0, 0.05) is 23.2 Å². The van der Waals surface area contributed by atoms with Gasteiger partial charge in [0.2, 0.25) is 10.0 Å². The van der Waals surface area contributed by atoms with Crippen molar-refractivity contribution in [3.8, 4) is 0 Å². The topological polar surface area (TPSA) is 64.0 Å². The van der Waals surface area contributed by atoms with Crippen LogP contribution in [0, 0.1) is 13.8 Å². The molecule has 5 nitrogen and oxygen atoms in total. The lowest BCUT2D eigenvalue weighted by Crippen LogP contribution is -2.31. The maximum atomic E-state index is 11.4. The van der Waals surface area contributed by atoms with Crippen LogP contribution in [0.25, 0.3) is 0 Å². The minimum atomic E-state index is -3.19. The third-order valence-electron chi connectivity index (χ3n) is 4.43. The average Bonchev–Trinajstić information content (AvgIpc) is 3.03. The van der Waals surface area contributed by atoms with Gasteiger partial charge in [-0.05, 0) is 25.8 Å². The van der Waals surface area contributed by atoms with Gasteiger partial charge >= 0.3 is 0 Å². The van der Waals surface area contributed by atoms with Crippen molar-refractivity contribution in [1.29, 1.82) is 0 Å². The first-order valence-corrected chi connectivity index (χ1v) is 9.96. The van der Waals surface area contributed by atoms with Gasteiger partial charge in [-0.15, -0.1) is 0 Å². The maximum Gasteiger partial charge on any atom is 0.209 e. The first-order valence-electron chi connectivity index (χ1n) is 8.07. The molecule has 0 radical (unpaired) electrons. The first-order chi connectivity index (χ1) is 11.3. The van der Waals surface area contributed by atoms with Gasteiger partial charge < -0.3 is 0 Å². The Morgan fingerprint density at radius 2 is 1.92 bits per heavy atom. The van der Waals surface area contributed by atoms with Crippen molar-refractivity contribution in [2.24, 2.45) is 0 Å². The summed E-state index contributed by atoms with van der Waals surface area (Å²) in [4.78, 5) is 0. The summed E-state index contributed by atoms with van der Waals surface area (Å²) < 4.78 is 27.5. The molecule has 0 bridgehead atoms. The molecular weight excluding hydrogens is 322 g/mol. The molecule has 1 aromatic carbocycles. The van der Waals surface area contributed by atoms with E-state index in [4.69, 9.17) is 5.10 Å². The van der Waals surface area contributed by atoms with Gasteiger partial charge in [-0.25, -0.2) is 13.1 Å². The van der Waals surface area contributed by atoms with E-state index in [0.717, 1.165) is 24.4 Å². The lowest BCUT2D eigenvalue weighted by molar-refractivity contribution is 0.569. The fourth-order valence-electron chi connectivity index (χ4n) is 3.43. The fourth-order valence-corrected chi connectivity index (χ4v) is 4.16. The number of aryl methyl sites for hydroxylation is 1. The van der Waals surface area contributed by atoms with Gasteiger partial charge in [0.25, 0.3) is 0 Å². The number of rotatable bonds is 5. The van der Waals surface area contributed by atoms with Gasteiger partial charge in [-0.3, -0.25) is 4.68 Å². The van der Waals surface area contributed by atoms with Gasteiger partial charge in [0.05, 0.1) is 18.5 Å². The monoisotopic (exact) mass is 345 g/mol. The number of hydrogen-bond acceptors (Lipinski definition) is 3. The molecule has 0 saturated carbocycles. The third kappa shape index (κ3) is 3.76. The molecule has 6 heteroatoms.